The summed E-state index contributed by atoms with van der Waals surface area (Å²) in [5.74, 6) is -0.522. The lowest BCUT2D eigenvalue weighted by molar-refractivity contribution is 0.0941. The monoisotopic (exact) mass is 230 g/mol. The fourth-order valence-electron chi connectivity index (χ4n) is 1.08. The zero-order chi connectivity index (χ0) is 11.4. The van der Waals surface area contributed by atoms with Crippen LogP contribution in [-0.2, 0) is 0 Å². The predicted molar refractivity (Wildman–Crippen MR) is 55.1 cm³/mol. The highest BCUT2D eigenvalue weighted by Gasteiger charge is 2.14. The Hall–Kier alpha value is -1.20. The smallest absolute Gasteiger partial charge is 0.275 e. The summed E-state index contributed by atoms with van der Waals surface area (Å²) in [4.78, 5) is 22.8. The third-order valence-electron chi connectivity index (χ3n) is 1.92. The van der Waals surface area contributed by atoms with Gasteiger partial charge in [0.15, 0.2) is 5.78 Å². The molecule has 5 nitrogen and oxygen atoms in total. The average Bonchev–Trinajstić information content (AvgIpc) is 2.21. The van der Waals surface area contributed by atoms with Crippen molar-refractivity contribution in [1.29, 1.82) is 0 Å². The lowest BCUT2D eigenvalue weighted by Crippen LogP contribution is -2.20. The number of aliphatic hydroxyl groups excluding tert-OH is 1. The van der Waals surface area contributed by atoms with E-state index in [0.29, 0.717) is 0 Å². The molecule has 0 amide bonds. The molecule has 0 aliphatic rings. The first kappa shape index (κ1) is 11.9. The molecule has 0 saturated heterocycles. The summed E-state index contributed by atoms with van der Waals surface area (Å²) in [7, 11) is 0. The lowest BCUT2D eigenvalue weighted by Gasteiger charge is -2.05. The van der Waals surface area contributed by atoms with Crippen LogP contribution in [0.15, 0.2) is 10.9 Å². The van der Waals surface area contributed by atoms with Crippen LogP contribution >= 0.6 is 11.6 Å². The summed E-state index contributed by atoms with van der Waals surface area (Å²) in [5.41, 5.74) is -0.579. The second-order valence-corrected chi connectivity index (χ2v) is 3.74. The molecule has 0 saturated carbocycles. The first-order valence-electron chi connectivity index (χ1n) is 4.44. The van der Waals surface area contributed by atoms with Crippen molar-refractivity contribution in [1.82, 2.24) is 10.2 Å². The Bertz CT molecular complexity index is 416. The number of hydrogen-bond acceptors (Lipinski definition) is 4. The molecule has 0 fully saturated rings. The maximum atomic E-state index is 11.6. The Morgan fingerprint density at radius 2 is 2.40 bits per heavy atom. The molecular formula is C9H11ClN2O3. The molecule has 2 N–H and O–H groups in total. The number of halogens is 1. The number of aliphatic hydroxyl groups is 1. The van der Waals surface area contributed by atoms with Crippen LogP contribution in [0, 0.1) is 5.92 Å². The van der Waals surface area contributed by atoms with Crippen molar-refractivity contribution in [2.24, 2.45) is 5.92 Å². The van der Waals surface area contributed by atoms with Gasteiger partial charge >= 0.3 is 0 Å². The van der Waals surface area contributed by atoms with Crippen molar-refractivity contribution < 1.29 is 9.90 Å². The van der Waals surface area contributed by atoms with E-state index in [-0.39, 0.29) is 35.4 Å². The number of H-pyrrole nitrogens is 1. The number of carbonyl (C=O) groups excluding carboxylic acids is 1. The number of ketones is 1. The van der Waals surface area contributed by atoms with Gasteiger partial charge in [0, 0.05) is 13.0 Å². The highest BCUT2D eigenvalue weighted by Crippen LogP contribution is 2.08. The number of hydrogen-bond donors (Lipinski definition) is 2. The fraction of sp³-hybridized carbons (Fsp3) is 0.444. The summed E-state index contributed by atoms with van der Waals surface area (Å²) >= 11 is 5.55. The van der Waals surface area contributed by atoms with E-state index >= 15 is 0 Å². The van der Waals surface area contributed by atoms with Crippen LogP contribution in [0.25, 0.3) is 0 Å². The molecule has 1 aromatic heterocycles. The predicted octanol–water partition coefficient (Wildman–Crippen LogP) is 0.624. The zero-order valence-electron chi connectivity index (χ0n) is 8.16. The van der Waals surface area contributed by atoms with Gasteiger partial charge in [-0.25, -0.2) is 5.10 Å². The highest BCUT2D eigenvalue weighted by atomic mass is 35.5. The Labute approximate surface area is 91.1 Å². The minimum Gasteiger partial charge on any atom is -0.396 e. The second kappa shape index (κ2) is 5.04. The molecule has 0 bridgehead atoms. The van der Waals surface area contributed by atoms with E-state index in [4.69, 9.17) is 16.7 Å². The van der Waals surface area contributed by atoms with Gasteiger partial charge < -0.3 is 5.11 Å². The van der Waals surface area contributed by atoms with E-state index in [9.17, 15) is 9.59 Å². The highest BCUT2D eigenvalue weighted by molar-refractivity contribution is 6.29. The minimum absolute atomic E-state index is 0.0182. The largest absolute Gasteiger partial charge is 0.396 e. The minimum atomic E-state index is -0.561. The molecule has 1 aromatic rings. The first-order chi connectivity index (χ1) is 7.04. The van der Waals surface area contributed by atoms with Crippen molar-refractivity contribution >= 4 is 17.4 Å². The van der Waals surface area contributed by atoms with Crippen molar-refractivity contribution in [2.75, 3.05) is 6.61 Å². The van der Waals surface area contributed by atoms with Gasteiger partial charge in [-0.15, -0.1) is 0 Å². The van der Waals surface area contributed by atoms with E-state index in [1.54, 1.807) is 6.92 Å². The number of aromatic amines is 1. The van der Waals surface area contributed by atoms with Gasteiger partial charge in [-0.3, -0.25) is 9.59 Å². The number of carbonyl (C=O) groups is 1. The molecular weight excluding hydrogens is 220 g/mol. The molecule has 0 aliphatic carbocycles. The van der Waals surface area contributed by atoms with Crippen LogP contribution < -0.4 is 5.56 Å². The number of nitrogens with zero attached hydrogens (tertiary/aromatic N) is 1. The van der Waals surface area contributed by atoms with Gasteiger partial charge in [0.2, 0.25) is 0 Å². The van der Waals surface area contributed by atoms with Gasteiger partial charge in [-0.1, -0.05) is 18.5 Å². The third-order valence-corrected chi connectivity index (χ3v) is 2.11. The Morgan fingerprint density at radius 1 is 1.73 bits per heavy atom. The molecule has 1 heterocycles. The SMILES string of the molecule is C[C@@H](CO)CC(=O)c1cc(Cl)n[nH]c1=O. The van der Waals surface area contributed by atoms with Crippen LogP contribution in [0.3, 0.4) is 0 Å². The van der Waals surface area contributed by atoms with Crippen LogP contribution in [0.5, 0.6) is 0 Å². The molecule has 0 spiro atoms. The molecule has 82 valence electrons. The van der Waals surface area contributed by atoms with Crippen molar-refractivity contribution in [2.45, 2.75) is 13.3 Å². The van der Waals surface area contributed by atoms with Crippen molar-refractivity contribution in [3.8, 4) is 0 Å². The molecule has 1 rings (SSSR count). The van der Waals surface area contributed by atoms with E-state index in [1.165, 1.54) is 6.07 Å². The third kappa shape index (κ3) is 3.14. The molecule has 1 atom stereocenters. The van der Waals surface area contributed by atoms with Crippen LogP contribution in [0.1, 0.15) is 23.7 Å². The van der Waals surface area contributed by atoms with Gasteiger partial charge in [0.1, 0.15) is 5.15 Å². The lowest BCUT2D eigenvalue weighted by atomic mass is 10.0. The number of rotatable bonds is 4. The Morgan fingerprint density at radius 3 is 3.00 bits per heavy atom. The summed E-state index contributed by atoms with van der Waals surface area (Å²) in [5, 5.41) is 14.4. The van der Waals surface area contributed by atoms with Crippen LogP contribution in [0.4, 0.5) is 0 Å². The quantitative estimate of drug-likeness (QED) is 0.743. The summed E-state index contributed by atoms with van der Waals surface area (Å²) in [6.45, 7) is 1.62. The summed E-state index contributed by atoms with van der Waals surface area (Å²) in [6.07, 6.45) is 0.111. The van der Waals surface area contributed by atoms with Crippen LogP contribution in [0.2, 0.25) is 5.15 Å². The first-order valence-corrected chi connectivity index (χ1v) is 4.81. The molecule has 6 heteroatoms. The van der Waals surface area contributed by atoms with Crippen LogP contribution in [-0.4, -0.2) is 27.7 Å². The van der Waals surface area contributed by atoms with E-state index in [2.05, 4.69) is 10.2 Å². The Balaban J connectivity index is 2.91. The number of nitrogens with one attached hydrogen (secondary N) is 1. The second-order valence-electron chi connectivity index (χ2n) is 3.35. The van der Waals surface area contributed by atoms with Crippen molar-refractivity contribution in [3.05, 3.63) is 27.1 Å². The average molecular weight is 231 g/mol. The fourth-order valence-corrected chi connectivity index (χ4v) is 1.23. The van der Waals surface area contributed by atoms with Crippen molar-refractivity contribution in [3.63, 3.8) is 0 Å². The summed E-state index contributed by atoms with van der Waals surface area (Å²) in [6, 6.07) is 1.23. The standard InChI is InChI=1S/C9H11ClN2O3/c1-5(4-13)2-7(14)6-3-8(10)11-12-9(6)15/h3,5,13H,2,4H2,1H3,(H,12,15)/t5-/m1/s1. The maximum absolute atomic E-state index is 11.6. The molecule has 0 radical (unpaired) electrons. The normalized spacial score (nSPS) is 12.5. The molecule has 0 aliphatic heterocycles. The molecule has 0 unspecified atom stereocenters. The number of aromatic nitrogens is 2. The van der Waals surface area contributed by atoms with E-state index in [1.807, 2.05) is 0 Å². The van der Waals surface area contributed by atoms with E-state index in [0.717, 1.165) is 0 Å². The molecule has 15 heavy (non-hydrogen) atoms. The topological polar surface area (TPSA) is 83.0 Å². The molecule has 0 aromatic carbocycles. The van der Waals surface area contributed by atoms with E-state index < -0.39 is 5.56 Å². The summed E-state index contributed by atoms with van der Waals surface area (Å²) < 4.78 is 0. The number of Topliss-reactive ketones (excluding diaryl/α,β-unsaturated/α-hetero) is 1. The Kier molecular flexibility index (Phi) is 3.99. The van der Waals surface area contributed by atoms with Gasteiger partial charge in [-0.05, 0) is 12.0 Å². The van der Waals surface area contributed by atoms with Gasteiger partial charge in [0.05, 0.1) is 5.56 Å². The van der Waals surface area contributed by atoms with Gasteiger partial charge in [0.25, 0.3) is 5.56 Å². The maximum Gasteiger partial charge on any atom is 0.275 e. The van der Waals surface area contributed by atoms with Gasteiger partial charge in [-0.2, -0.15) is 5.10 Å². The zero-order valence-corrected chi connectivity index (χ0v) is 8.91.